The molecule has 0 bridgehead atoms. The van der Waals surface area contributed by atoms with Crippen molar-refractivity contribution in [2.75, 3.05) is 27.9 Å². The average Bonchev–Trinajstić information content (AvgIpc) is 2.43. The molecule has 0 spiro atoms. The quantitative estimate of drug-likeness (QED) is 0.779. The molecule has 0 aliphatic heterocycles. The predicted octanol–water partition coefficient (Wildman–Crippen LogP) is 1.53. The molecule has 1 aromatic rings. The van der Waals surface area contributed by atoms with Crippen LogP contribution in [0.25, 0.3) is 0 Å². The zero-order valence-corrected chi connectivity index (χ0v) is 11.1. The summed E-state index contributed by atoms with van der Waals surface area (Å²) < 4.78 is 15.2. The van der Waals surface area contributed by atoms with Crippen molar-refractivity contribution in [1.29, 1.82) is 0 Å². The van der Waals surface area contributed by atoms with E-state index in [1.54, 1.807) is 32.4 Å². The van der Waals surface area contributed by atoms with Crippen molar-refractivity contribution in [1.82, 2.24) is 5.32 Å². The minimum absolute atomic E-state index is 0.347. The second kappa shape index (κ2) is 6.86. The van der Waals surface area contributed by atoms with E-state index >= 15 is 0 Å². The Morgan fingerprint density at radius 3 is 2.50 bits per heavy atom. The fraction of sp³-hybridized carbons (Fsp3) is 0.462. The Morgan fingerprint density at radius 1 is 1.28 bits per heavy atom. The summed E-state index contributed by atoms with van der Waals surface area (Å²) in [6.45, 7) is 2.57. The first kappa shape index (κ1) is 14.3. The van der Waals surface area contributed by atoms with Crippen molar-refractivity contribution < 1.29 is 19.0 Å². The molecule has 5 nitrogen and oxygen atoms in total. The summed E-state index contributed by atoms with van der Waals surface area (Å²) in [5.74, 6) is 0.918. The topological polar surface area (TPSA) is 56.8 Å². The third kappa shape index (κ3) is 3.13. The summed E-state index contributed by atoms with van der Waals surface area (Å²) in [6, 6.07) is 4.77. The third-order valence-corrected chi connectivity index (χ3v) is 2.60. The van der Waals surface area contributed by atoms with Crippen LogP contribution in [0.1, 0.15) is 18.5 Å². The van der Waals surface area contributed by atoms with Gasteiger partial charge in [0, 0.05) is 11.6 Å². The van der Waals surface area contributed by atoms with Crippen LogP contribution >= 0.6 is 0 Å². The molecular weight excluding hydrogens is 234 g/mol. The van der Waals surface area contributed by atoms with E-state index in [1.807, 2.05) is 6.92 Å². The second-order valence-corrected chi connectivity index (χ2v) is 3.62. The number of esters is 1. The van der Waals surface area contributed by atoms with Crippen molar-refractivity contribution in [3.05, 3.63) is 23.8 Å². The van der Waals surface area contributed by atoms with Crippen LogP contribution < -0.4 is 14.8 Å². The van der Waals surface area contributed by atoms with E-state index in [4.69, 9.17) is 14.2 Å². The normalized spacial score (nSPS) is 11.8. The SMILES string of the molecule is CCNC(C(=O)OC)c1ccc(OC)cc1OC. The number of carbonyl (C=O) groups is 1. The number of hydrogen-bond acceptors (Lipinski definition) is 5. The Labute approximate surface area is 107 Å². The van der Waals surface area contributed by atoms with Crippen molar-refractivity contribution in [2.45, 2.75) is 13.0 Å². The van der Waals surface area contributed by atoms with Gasteiger partial charge in [-0.05, 0) is 18.7 Å². The number of ether oxygens (including phenoxy) is 3. The molecule has 0 amide bonds. The van der Waals surface area contributed by atoms with E-state index in [2.05, 4.69) is 5.32 Å². The molecular formula is C13H19NO4. The van der Waals surface area contributed by atoms with Crippen molar-refractivity contribution in [3.8, 4) is 11.5 Å². The van der Waals surface area contributed by atoms with Gasteiger partial charge in [0.2, 0.25) is 0 Å². The molecule has 0 saturated carbocycles. The van der Waals surface area contributed by atoms with Crippen molar-refractivity contribution >= 4 is 5.97 Å². The van der Waals surface area contributed by atoms with Gasteiger partial charge in [0.1, 0.15) is 17.5 Å². The van der Waals surface area contributed by atoms with Crippen LogP contribution in [0.15, 0.2) is 18.2 Å². The van der Waals surface area contributed by atoms with Crippen LogP contribution in [0, 0.1) is 0 Å². The van der Waals surface area contributed by atoms with Crippen LogP contribution in [0.2, 0.25) is 0 Å². The maximum atomic E-state index is 11.8. The van der Waals surface area contributed by atoms with Gasteiger partial charge >= 0.3 is 5.97 Å². The van der Waals surface area contributed by atoms with Gasteiger partial charge in [-0.1, -0.05) is 6.92 Å². The van der Waals surface area contributed by atoms with Gasteiger partial charge in [-0.3, -0.25) is 0 Å². The predicted molar refractivity (Wildman–Crippen MR) is 68.0 cm³/mol. The number of benzene rings is 1. The lowest BCUT2D eigenvalue weighted by atomic mass is 10.1. The largest absolute Gasteiger partial charge is 0.497 e. The molecule has 1 unspecified atom stereocenters. The first-order valence-corrected chi connectivity index (χ1v) is 5.71. The van der Waals surface area contributed by atoms with Gasteiger partial charge in [-0.25, -0.2) is 4.79 Å². The van der Waals surface area contributed by atoms with Gasteiger partial charge in [-0.2, -0.15) is 0 Å². The molecule has 1 atom stereocenters. The average molecular weight is 253 g/mol. The molecule has 1 rings (SSSR count). The van der Waals surface area contributed by atoms with E-state index in [0.717, 1.165) is 5.56 Å². The molecule has 0 aliphatic rings. The number of carbonyl (C=O) groups excluding carboxylic acids is 1. The Bertz CT molecular complexity index is 406. The smallest absolute Gasteiger partial charge is 0.327 e. The lowest BCUT2D eigenvalue weighted by molar-refractivity contribution is -0.143. The van der Waals surface area contributed by atoms with E-state index in [1.165, 1.54) is 7.11 Å². The minimum Gasteiger partial charge on any atom is -0.497 e. The van der Waals surface area contributed by atoms with Crippen LogP contribution in [0.3, 0.4) is 0 Å². The van der Waals surface area contributed by atoms with E-state index < -0.39 is 6.04 Å². The van der Waals surface area contributed by atoms with Crippen molar-refractivity contribution in [3.63, 3.8) is 0 Å². The highest BCUT2D eigenvalue weighted by Gasteiger charge is 2.24. The van der Waals surface area contributed by atoms with E-state index in [0.29, 0.717) is 18.0 Å². The highest BCUT2D eigenvalue weighted by molar-refractivity contribution is 5.78. The van der Waals surface area contributed by atoms with Crippen LogP contribution in [0.4, 0.5) is 0 Å². The summed E-state index contributed by atoms with van der Waals surface area (Å²) in [5, 5.41) is 3.07. The van der Waals surface area contributed by atoms with E-state index in [9.17, 15) is 4.79 Å². The van der Waals surface area contributed by atoms with Gasteiger partial charge in [0.15, 0.2) is 0 Å². The Hall–Kier alpha value is -1.75. The molecule has 18 heavy (non-hydrogen) atoms. The second-order valence-electron chi connectivity index (χ2n) is 3.62. The first-order chi connectivity index (χ1) is 8.67. The van der Waals surface area contributed by atoms with Gasteiger partial charge < -0.3 is 19.5 Å². The number of hydrogen-bond donors (Lipinski definition) is 1. The number of methoxy groups -OCH3 is 3. The fourth-order valence-electron chi connectivity index (χ4n) is 1.70. The summed E-state index contributed by atoms with van der Waals surface area (Å²) in [5.41, 5.74) is 0.729. The molecule has 0 radical (unpaired) electrons. The minimum atomic E-state index is -0.541. The summed E-state index contributed by atoms with van der Waals surface area (Å²) >= 11 is 0. The maximum Gasteiger partial charge on any atom is 0.327 e. The summed E-state index contributed by atoms with van der Waals surface area (Å²) in [7, 11) is 4.50. The van der Waals surface area contributed by atoms with Crippen LogP contribution in [-0.2, 0) is 9.53 Å². The third-order valence-electron chi connectivity index (χ3n) is 2.60. The zero-order valence-electron chi connectivity index (χ0n) is 11.1. The monoisotopic (exact) mass is 253 g/mol. The lowest BCUT2D eigenvalue weighted by Gasteiger charge is -2.19. The van der Waals surface area contributed by atoms with Crippen LogP contribution in [0.5, 0.6) is 11.5 Å². The number of rotatable bonds is 6. The Balaban J connectivity index is 3.14. The maximum absolute atomic E-state index is 11.8. The molecule has 0 aliphatic carbocycles. The molecule has 0 saturated heterocycles. The molecule has 0 fully saturated rings. The Kier molecular flexibility index (Phi) is 5.45. The first-order valence-electron chi connectivity index (χ1n) is 5.71. The van der Waals surface area contributed by atoms with Crippen molar-refractivity contribution in [2.24, 2.45) is 0 Å². The number of nitrogens with one attached hydrogen (secondary N) is 1. The molecule has 0 aromatic heterocycles. The van der Waals surface area contributed by atoms with E-state index in [-0.39, 0.29) is 5.97 Å². The molecule has 1 N–H and O–H groups in total. The highest BCUT2D eigenvalue weighted by atomic mass is 16.5. The molecule has 100 valence electrons. The summed E-state index contributed by atoms with van der Waals surface area (Å²) in [6.07, 6.45) is 0. The number of likely N-dealkylation sites (N-methyl/N-ethyl adjacent to an activating group) is 1. The van der Waals surface area contributed by atoms with Gasteiger partial charge in [0.25, 0.3) is 0 Å². The molecule has 5 heteroatoms. The fourth-order valence-corrected chi connectivity index (χ4v) is 1.70. The van der Waals surface area contributed by atoms with Crippen LogP contribution in [-0.4, -0.2) is 33.8 Å². The molecule has 0 heterocycles. The zero-order chi connectivity index (χ0) is 13.5. The highest BCUT2D eigenvalue weighted by Crippen LogP contribution is 2.30. The Morgan fingerprint density at radius 2 is 2.00 bits per heavy atom. The summed E-state index contributed by atoms with van der Waals surface area (Å²) in [4.78, 5) is 11.8. The lowest BCUT2D eigenvalue weighted by Crippen LogP contribution is -2.29. The van der Waals surface area contributed by atoms with Gasteiger partial charge in [-0.15, -0.1) is 0 Å². The van der Waals surface area contributed by atoms with Gasteiger partial charge in [0.05, 0.1) is 21.3 Å². The molecule has 1 aromatic carbocycles. The standard InChI is InChI=1S/C13H19NO4/c1-5-14-12(13(15)18-4)10-7-6-9(16-2)8-11(10)17-3/h6-8,12,14H,5H2,1-4H3.